The van der Waals surface area contributed by atoms with Crippen LogP contribution in [0, 0.1) is 0 Å². The molecule has 0 N–H and O–H groups in total. The molecule has 10 rings (SSSR count). The van der Waals surface area contributed by atoms with Gasteiger partial charge in [0.05, 0.1) is 16.7 Å². The van der Waals surface area contributed by atoms with Gasteiger partial charge in [0, 0.05) is 39.5 Å². The van der Waals surface area contributed by atoms with Crippen LogP contribution in [0.1, 0.15) is 0 Å². The van der Waals surface area contributed by atoms with Gasteiger partial charge in [0.2, 0.25) is 0 Å². The highest BCUT2D eigenvalue weighted by Gasteiger charge is 2.40. The molecule has 0 atom stereocenters. The summed E-state index contributed by atoms with van der Waals surface area (Å²) in [6, 6.07) is 55.8. The van der Waals surface area contributed by atoms with Crippen LogP contribution >= 0.6 is 0 Å². The molecule has 0 radical (unpaired) electrons. The van der Waals surface area contributed by atoms with E-state index in [0.717, 1.165) is 56.1 Å². The Labute approximate surface area is 267 Å². The van der Waals surface area contributed by atoms with E-state index in [1.807, 2.05) is 12.1 Å². The van der Waals surface area contributed by atoms with Gasteiger partial charge in [-0.3, -0.25) is 0 Å². The van der Waals surface area contributed by atoms with Crippen LogP contribution < -0.4 is 25.9 Å². The Bertz CT molecular complexity index is 2320. The highest BCUT2D eigenvalue weighted by atomic mass is 16.5. The third kappa shape index (κ3) is 3.61. The maximum absolute atomic E-state index is 6.74. The lowest BCUT2D eigenvalue weighted by atomic mass is 9.35. The standard InChI is InChI=1S/C42H26BNO2/c1-3-13-27(14-4-1)30-17-11-19-32-33-20-12-18-31(28-15-5-2-6-16-28)42(33)44(41(30)32)29-25-38-40-39(26-29)46-37-24-10-8-22-35(37)43(40)34-21-7-9-23-36(34)45-38/h1-26H. The molecule has 3 heterocycles. The summed E-state index contributed by atoms with van der Waals surface area (Å²) in [5.41, 5.74) is 11.4. The molecule has 7 aromatic carbocycles. The Morgan fingerprint density at radius 1 is 0.413 bits per heavy atom. The van der Waals surface area contributed by atoms with Gasteiger partial charge in [-0.2, -0.15) is 0 Å². The quantitative estimate of drug-likeness (QED) is 0.193. The summed E-state index contributed by atoms with van der Waals surface area (Å²) in [6.45, 7) is 0.0341. The summed E-state index contributed by atoms with van der Waals surface area (Å²) in [5, 5.41) is 2.41. The van der Waals surface area contributed by atoms with Crippen LogP contribution in [0.2, 0.25) is 0 Å². The summed E-state index contributed by atoms with van der Waals surface area (Å²) < 4.78 is 15.9. The van der Waals surface area contributed by atoms with Crippen LogP contribution in [-0.2, 0) is 0 Å². The van der Waals surface area contributed by atoms with Crippen LogP contribution in [0.5, 0.6) is 23.0 Å². The molecule has 0 saturated carbocycles. The molecule has 0 fully saturated rings. The van der Waals surface area contributed by atoms with Gasteiger partial charge in [0.15, 0.2) is 0 Å². The van der Waals surface area contributed by atoms with E-state index in [1.165, 1.54) is 33.0 Å². The number of hydrogen-bond acceptors (Lipinski definition) is 2. The van der Waals surface area contributed by atoms with E-state index in [2.05, 4.69) is 150 Å². The zero-order chi connectivity index (χ0) is 30.2. The summed E-state index contributed by atoms with van der Waals surface area (Å²) in [6.07, 6.45) is 0. The fourth-order valence-corrected chi connectivity index (χ4v) is 7.58. The first-order valence-corrected chi connectivity index (χ1v) is 15.7. The van der Waals surface area contributed by atoms with Crippen molar-refractivity contribution in [1.29, 1.82) is 0 Å². The predicted octanol–water partition coefficient (Wildman–Crippen LogP) is 8.85. The Morgan fingerprint density at radius 3 is 1.37 bits per heavy atom. The van der Waals surface area contributed by atoms with Gasteiger partial charge in [-0.05, 0) is 34.2 Å². The number of benzene rings is 7. The summed E-state index contributed by atoms with van der Waals surface area (Å²) in [5.74, 6) is 3.43. The highest BCUT2D eigenvalue weighted by Crippen LogP contribution is 2.44. The molecule has 214 valence electrons. The van der Waals surface area contributed by atoms with Gasteiger partial charge < -0.3 is 14.0 Å². The highest BCUT2D eigenvalue weighted by molar-refractivity contribution is 6.98. The van der Waals surface area contributed by atoms with Crippen LogP contribution in [-0.4, -0.2) is 11.3 Å². The van der Waals surface area contributed by atoms with Crippen molar-refractivity contribution in [1.82, 2.24) is 4.57 Å². The van der Waals surface area contributed by atoms with Crippen LogP contribution in [0.15, 0.2) is 158 Å². The Balaban J connectivity index is 1.33. The van der Waals surface area contributed by atoms with Crippen molar-refractivity contribution in [3.63, 3.8) is 0 Å². The molecule has 0 spiro atoms. The Morgan fingerprint density at radius 2 is 0.870 bits per heavy atom. The molecule has 0 saturated heterocycles. The van der Waals surface area contributed by atoms with E-state index in [1.54, 1.807) is 0 Å². The summed E-state index contributed by atoms with van der Waals surface area (Å²) >= 11 is 0. The molecule has 46 heavy (non-hydrogen) atoms. The zero-order valence-electron chi connectivity index (χ0n) is 24.9. The number of fused-ring (bicyclic) bond motifs is 7. The zero-order valence-corrected chi connectivity index (χ0v) is 24.9. The van der Waals surface area contributed by atoms with Crippen LogP contribution in [0.25, 0.3) is 49.7 Å². The molecule has 0 unspecified atom stereocenters. The predicted molar refractivity (Wildman–Crippen MR) is 189 cm³/mol. The molecule has 2 aliphatic heterocycles. The Hall–Kier alpha value is -6.00. The SMILES string of the molecule is c1ccc(-c2cccc3c4cccc(-c5ccccc5)c4n(-c4cc5c6c(c4)Oc4ccccc4B6c4ccccc4O5)c23)cc1. The molecule has 0 aliphatic carbocycles. The molecule has 4 heteroatoms. The minimum absolute atomic E-state index is 0.0341. The van der Waals surface area contributed by atoms with Gasteiger partial charge in [-0.1, -0.05) is 133 Å². The van der Waals surface area contributed by atoms with Gasteiger partial charge in [-0.25, -0.2) is 0 Å². The molecule has 8 aromatic rings. The minimum Gasteiger partial charge on any atom is -0.458 e. The molecular formula is C42H26BNO2. The van der Waals surface area contributed by atoms with Crippen molar-refractivity contribution in [3.05, 3.63) is 158 Å². The monoisotopic (exact) mass is 587 g/mol. The summed E-state index contributed by atoms with van der Waals surface area (Å²) in [7, 11) is 0. The third-order valence-electron chi connectivity index (χ3n) is 9.51. The van der Waals surface area contributed by atoms with Crippen LogP contribution in [0.3, 0.4) is 0 Å². The second-order valence-corrected chi connectivity index (χ2v) is 12.0. The number of hydrogen-bond donors (Lipinski definition) is 0. The van der Waals surface area contributed by atoms with Gasteiger partial charge in [-0.15, -0.1) is 0 Å². The van der Waals surface area contributed by atoms with Gasteiger partial charge in [0.25, 0.3) is 6.71 Å². The normalized spacial score (nSPS) is 12.7. The fraction of sp³-hybridized carbons (Fsp3) is 0. The first-order valence-electron chi connectivity index (χ1n) is 15.7. The summed E-state index contributed by atoms with van der Waals surface area (Å²) in [4.78, 5) is 0. The average molecular weight is 587 g/mol. The van der Waals surface area contributed by atoms with Crippen molar-refractivity contribution in [2.75, 3.05) is 0 Å². The lowest BCUT2D eigenvalue weighted by Crippen LogP contribution is -2.57. The average Bonchev–Trinajstić information content (AvgIpc) is 3.47. The Kier molecular flexibility index (Phi) is 5.37. The molecule has 0 bridgehead atoms. The topological polar surface area (TPSA) is 23.4 Å². The minimum atomic E-state index is 0.0341. The lowest BCUT2D eigenvalue weighted by molar-refractivity contribution is 0.464. The lowest BCUT2D eigenvalue weighted by Gasteiger charge is -2.33. The van der Waals surface area contributed by atoms with E-state index in [-0.39, 0.29) is 6.71 Å². The van der Waals surface area contributed by atoms with E-state index >= 15 is 0 Å². The second kappa shape index (κ2) is 9.75. The van der Waals surface area contributed by atoms with Crippen molar-refractivity contribution < 1.29 is 9.47 Å². The molecule has 3 nitrogen and oxygen atoms in total. The van der Waals surface area contributed by atoms with E-state index in [4.69, 9.17) is 9.47 Å². The largest absolute Gasteiger partial charge is 0.458 e. The fourth-order valence-electron chi connectivity index (χ4n) is 7.58. The van der Waals surface area contributed by atoms with Gasteiger partial charge in [0.1, 0.15) is 23.0 Å². The van der Waals surface area contributed by atoms with E-state index in [0.29, 0.717) is 0 Å². The van der Waals surface area contributed by atoms with E-state index in [9.17, 15) is 0 Å². The van der Waals surface area contributed by atoms with Crippen molar-refractivity contribution in [2.45, 2.75) is 0 Å². The number of ether oxygens (including phenoxy) is 2. The smallest absolute Gasteiger partial charge is 0.260 e. The second-order valence-electron chi connectivity index (χ2n) is 12.0. The van der Waals surface area contributed by atoms with Crippen molar-refractivity contribution in [2.24, 2.45) is 0 Å². The van der Waals surface area contributed by atoms with Crippen LogP contribution in [0.4, 0.5) is 0 Å². The maximum atomic E-state index is 6.74. The number of nitrogens with zero attached hydrogens (tertiary/aromatic N) is 1. The number of para-hydroxylation sites is 4. The number of aromatic nitrogens is 1. The van der Waals surface area contributed by atoms with Crippen molar-refractivity contribution in [3.8, 4) is 50.9 Å². The first kappa shape index (κ1) is 25.3. The molecule has 0 amide bonds. The molecular weight excluding hydrogens is 561 g/mol. The van der Waals surface area contributed by atoms with Crippen molar-refractivity contribution >= 4 is 44.9 Å². The van der Waals surface area contributed by atoms with Gasteiger partial charge >= 0.3 is 0 Å². The third-order valence-corrected chi connectivity index (χ3v) is 9.51. The molecule has 1 aromatic heterocycles. The number of rotatable bonds is 3. The molecule has 2 aliphatic rings. The first-order chi connectivity index (χ1) is 22.8. The van der Waals surface area contributed by atoms with E-state index < -0.39 is 0 Å². The maximum Gasteiger partial charge on any atom is 0.260 e.